The van der Waals surface area contributed by atoms with Crippen molar-refractivity contribution in [3.05, 3.63) is 187 Å². The van der Waals surface area contributed by atoms with Gasteiger partial charge in [0.15, 0.2) is 28.8 Å². The van der Waals surface area contributed by atoms with Gasteiger partial charge in [-0.25, -0.2) is 9.97 Å². The van der Waals surface area contributed by atoms with Gasteiger partial charge in [0, 0.05) is 29.1 Å². The first-order valence-electron chi connectivity index (χ1n) is 16.7. The van der Waals surface area contributed by atoms with Crippen molar-refractivity contribution in [2.45, 2.75) is 0 Å². The Morgan fingerprint density at radius 3 is 2.02 bits per heavy atom. The second-order valence-electron chi connectivity index (χ2n) is 12.1. The van der Waals surface area contributed by atoms with Crippen LogP contribution in [0.5, 0.6) is 23.0 Å². The zero-order valence-electron chi connectivity index (χ0n) is 28.0. The van der Waals surface area contributed by atoms with E-state index < -0.39 is 0 Å². The number of pyridine rings is 1. The molecule has 1 aliphatic heterocycles. The quantitative estimate of drug-likeness (QED) is 0.150. The second-order valence-corrected chi connectivity index (χ2v) is 12.1. The topological polar surface area (TPSA) is 80.9 Å². The minimum atomic E-state index is 0.569. The van der Waals surface area contributed by atoms with Crippen LogP contribution in [0.1, 0.15) is 16.8 Å². The highest BCUT2D eigenvalue weighted by molar-refractivity contribution is 5.87. The van der Waals surface area contributed by atoms with Crippen LogP contribution in [0.15, 0.2) is 171 Å². The fraction of sp³-hybridized carbons (Fsp3) is 0. The summed E-state index contributed by atoms with van der Waals surface area (Å²) < 4.78 is 13.0. The van der Waals surface area contributed by atoms with Crippen LogP contribution in [0, 0.1) is 11.3 Å². The lowest BCUT2D eigenvalue weighted by atomic mass is 9.94. The van der Waals surface area contributed by atoms with Crippen LogP contribution in [-0.2, 0) is 0 Å². The van der Waals surface area contributed by atoms with E-state index >= 15 is 0 Å². The molecule has 0 fully saturated rings. The lowest BCUT2D eigenvalue weighted by Gasteiger charge is -2.23. The number of benzene rings is 5. The van der Waals surface area contributed by atoms with Crippen LogP contribution < -0.4 is 9.47 Å². The van der Waals surface area contributed by atoms with Crippen LogP contribution in [0.3, 0.4) is 0 Å². The van der Waals surface area contributed by atoms with Gasteiger partial charge in [0.2, 0.25) is 0 Å². The minimum absolute atomic E-state index is 0.569. The second kappa shape index (κ2) is 14.2. The summed E-state index contributed by atoms with van der Waals surface area (Å²) in [6, 6.07) is 45.5. The molecule has 0 unspecified atom stereocenters. The normalized spacial score (nSPS) is 11.9. The van der Waals surface area contributed by atoms with Crippen molar-refractivity contribution in [3.63, 3.8) is 0 Å². The van der Waals surface area contributed by atoms with Gasteiger partial charge in [-0.3, -0.25) is 4.98 Å². The number of ether oxygens (including phenoxy) is 2. The first kappa shape index (κ1) is 31.9. The van der Waals surface area contributed by atoms with Crippen LogP contribution in [0.4, 0.5) is 0 Å². The molecule has 0 saturated heterocycles. The molecule has 0 spiro atoms. The van der Waals surface area contributed by atoms with Gasteiger partial charge in [-0.15, -0.1) is 0 Å². The van der Waals surface area contributed by atoms with Crippen molar-refractivity contribution in [3.8, 4) is 74.0 Å². The van der Waals surface area contributed by atoms with Gasteiger partial charge in [0.25, 0.3) is 0 Å². The number of hydrogen-bond acceptors (Lipinski definition) is 6. The number of nitrogens with zero attached hydrogens (tertiary/aromatic N) is 4. The Morgan fingerprint density at radius 2 is 1.31 bits per heavy atom. The SMILES string of the molecule is C=C/C(=C\C=C\c1ccccc1)c1cc(-c2ccc3c(c2)Oc2cc(-c4cccnc4)c(-c4ccc(C#N)cc4)cc2O3)nc(-c2ccccc2)n1. The van der Waals surface area contributed by atoms with Crippen molar-refractivity contribution < 1.29 is 9.47 Å². The molecular formula is C46H30N4O2. The minimum Gasteiger partial charge on any atom is -0.449 e. The third-order valence-corrected chi connectivity index (χ3v) is 8.70. The van der Waals surface area contributed by atoms with E-state index in [4.69, 9.17) is 19.4 Å². The fourth-order valence-corrected chi connectivity index (χ4v) is 6.06. The number of hydrogen-bond donors (Lipinski definition) is 0. The molecule has 6 heteroatoms. The van der Waals surface area contributed by atoms with Crippen LogP contribution in [0.25, 0.3) is 56.5 Å². The van der Waals surface area contributed by atoms with Crippen LogP contribution >= 0.6 is 0 Å². The summed E-state index contributed by atoms with van der Waals surface area (Å²) in [5.41, 5.74) is 9.52. The van der Waals surface area contributed by atoms with E-state index in [9.17, 15) is 5.26 Å². The monoisotopic (exact) mass is 670 g/mol. The van der Waals surface area contributed by atoms with E-state index in [1.165, 1.54) is 0 Å². The molecule has 1 aliphatic rings. The first-order chi connectivity index (χ1) is 25.6. The van der Waals surface area contributed by atoms with Gasteiger partial charge >= 0.3 is 0 Å². The molecule has 7 aromatic rings. The van der Waals surface area contributed by atoms with Crippen molar-refractivity contribution in [2.24, 2.45) is 0 Å². The molecule has 52 heavy (non-hydrogen) atoms. The molecule has 0 N–H and O–H groups in total. The predicted octanol–water partition coefficient (Wildman–Crippen LogP) is 11.6. The average Bonchev–Trinajstić information content (AvgIpc) is 3.22. The zero-order valence-corrected chi connectivity index (χ0v) is 28.0. The molecule has 5 aromatic carbocycles. The van der Waals surface area contributed by atoms with E-state index in [0.29, 0.717) is 34.4 Å². The highest BCUT2D eigenvalue weighted by atomic mass is 16.6. The fourth-order valence-electron chi connectivity index (χ4n) is 6.06. The van der Waals surface area contributed by atoms with Crippen LogP contribution in [-0.4, -0.2) is 15.0 Å². The molecule has 246 valence electrons. The summed E-state index contributed by atoms with van der Waals surface area (Å²) in [7, 11) is 0. The van der Waals surface area contributed by atoms with Gasteiger partial charge in [-0.2, -0.15) is 5.26 Å². The molecule has 0 bridgehead atoms. The number of aromatic nitrogens is 3. The molecule has 6 nitrogen and oxygen atoms in total. The lowest BCUT2D eigenvalue weighted by Crippen LogP contribution is -2.02. The lowest BCUT2D eigenvalue weighted by molar-refractivity contribution is 0.360. The molecule has 0 aliphatic carbocycles. The van der Waals surface area contributed by atoms with Crippen molar-refractivity contribution in [2.75, 3.05) is 0 Å². The predicted molar refractivity (Wildman–Crippen MR) is 207 cm³/mol. The summed E-state index contributed by atoms with van der Waals surface area (Å²) in [4.78, 5) is 14.3. The summed E-state index contributed by atoms with van der Waals surface area (Å²) >= 11 is 0. The van der Waals surface area contributed by atoms with Crippen LogP contribution in [0.2, 0.25) is 0 Å². The summed E-state index contributed by atoms with van der Waals surface area (Å²) in [6.07, 6.45) is 11.4. The molecule has 2 aromatic heterocycles. The standard InChI is InChI=1S/C46H30N4O2/c1-2-33(16-9-13-31-11-5-3-6-12-31)40-28-41(50-46(49-40)35-14-7-4-8-15-35)36-22-23-42-43(25-36)52-45-27-39(37-17-10-24-48-30-37)38(26-44(45)51-42)34-20-18-32(29-47)19-21-34/h2-28,30H,1H2/b13-9+,33-16+. The Labute approximate surface area is 302 Å². The zero-order chi connectivity index (χ0) is 35.3. The molecule has 8 rings (SSSR count). The summed E-state index contributed by atoms with van der Waals surface area (Å²) in [6.45, 7) is 4.09. The third-order valence-electron chi connectivity index (χ3n) is 8.70. The van der Waals surface area contributed by atoms with Gasteiger partial charge < -0.3 is 9.47 Å². The highest BCUT2D eigenvalue weighted by Gasteiger charge is 2.24. The van der Waals surface area contributed by atoms with E-state index in [0.717, 1.165) is 55.9 Å². The van der Waals surface area contributed by atoms with Crippen molar-refractivity contribution >= 4 is 11.6 Å². The molecule has 0 atom stereocenters. The molecule has 0 saturated carbocycles. The van der Waals surface area contributed by atoms with Crippen molar-refractivity contribution in [1.82, 2.24) is 15.0 Å². The van der Waals surface area contributed by atoms with Gasteiger partial charge in [0.05, 0.1) is 23.0 Å². The number of rotatable bonds is 8. The molecule has 3 heterocycles. The molecular weight excluding hydrogens is 641 g/mol. The van der Waals surface area contributed by atoms with Gasteiger partial charge in [0.1, 0.15) is 0 Å². The van der Waals surface area contributed by atoms with E-state index in [1.54, 1.807) is 6.20 Å². The number of allylic oxidation sites excluding steroid dienone is 4. The average molecular weight is 671 g/mol. The number of fused-ring (bicyclic) bond motifs is 2. The Bertz CT molecular complexity index is 2520. The number of nitriles is 1. The smallest absolute Gasteiger partial charge is 0.170 e. The summed E-state index contributed by atoms with van der Waals surface area (Å²) in [5.74, 6) is 2.93. The first-order valence-corrected chi connectivity index (χ1v) is 16.7. The largest absolute Gasteiger partial charge is 0.449 e. The maximum absolute atomic E-state index is 9.35. The third kappa shape index (κ3) is 6.62. The summed E-state index contributed by atoms with van der Waals surface area (Å²) in [5, 5.41) is 9.35. The van der Waals surface area contributed by atoms with Gasteiger partial charge in [-0.1, -0.05) is 110 Å². The Balaban J connectivity index is 1.18. The molecule has 0 amide bonds. The van der Waals surface area contributed by atoms with Gasteiger partial charge in [-0.05, 0) is 82.4 Å². The van der Waals surface area contributed by atoms with E-state index in [-0.39, 0.29) is 0 Å². The van der Waals surface area contributed by atoms with E-state index in [1.807, 2.05) is 146 Å². The highest BCUT2D eigenvalue weighted by Crippen LogP contribution is 2.50. The Hall–Kier alpha value is -7.36. The Morgan fingerprint density at radius 1 is 0.635 bits per heavy atom. The molecule has 0 radical (unpaired) electrons. The maximum Gasteiger partial charge on any atom is 0.170 e. The van der Waals surface area contributed by atoms with E-state index in [2.05, 4.69) is 35.8 Å². The Kier molecular flexibility index (Phi) is 8.73. The maximum atomic E-state index is 9.35. The van der Waals surface area contributed by atoms with Crippen molar-refractivity contribution in [1.29, 1.82) is 5.26 Å².